The topological polar surface area (TPSA) is 33.0 Å². The lowest BCUT2D eigenvalue weighted by Gasteiger charge is -2.02. The first-order valence-corrected chi connectivity index (χ1v) is 5.57. The van der Waals surface area contributed by atoms with Gasteiger partial charge in [0.1, 0.15) is 5.82 Å². The predicted octanol–water partition coefficient (Wildman–Crippen LogP) is 2.83. The summed E-state index contributed by atoms with van der Waals surface area (Å²) in [6.07, 6.45) is 0.916. The second-order valence-corrected chi connectivity index (χ2v) is 4.15. The van der Waals surface area contributed by atoms with Crippen molar-refractivity contribution in [2.24, 2.45) is 0 Å². The fraction of sp³-hybridized carbons (Fsp3) is 0.364. The Morgan fingerprint density at radius 2 is 2.27 bits per heavy atom. The summed E-state index contributed by atoms with van der Waals surface area (Å²) >= 11 is 1.53. The number of rotatable bonds is 5. The van der Waals surface area contributed by atoms with E-state index in [9.17, 15) is 4.39 Å². The standard InChI is InChI=1S/C11H12FNOS/c1-14-3-2-4-15-11-6-9(8-13)5-10(12)7-11/h5-7H,2-4H2,1H3. The highest BCUT2D eigenvalue weighted by atomic mass is 32.2. The molecule has 0 heterocycles. The van der Waals surface area contributed by atoms with Crippen molar-refractivity contribution in [2.75, 3.05) is 19.5 Å². The lowest BCUT2D eigenvalue weighted by molar-refractivity contribution is 0.200. The van der Waals surface area contributed by atoms with Gasteiger partial charge in [0.25, 0.3) is 0 Å². The van der Waals surface area contributed by atoms with Gasteiger partial charge in [0.15, 0.2) is 0 Å². The van der Waals surface area contributed by atoms with Crippen LogP contribution in [0.1, 0.15) is 12.0 Å². The Bertz CT molecular complexity index is 362. The molecule has 0 radical (unpaired) electrons. The molecule has 4 heteroatoms. The quantitative estimate of drug-likeness (QED) is 0.570. The lowest BCUT2D eigenvalue weighted by atomic mass is 10.2. The number of methoxy groups -OCH3 is 1. The molecule has 0 aliphatic rings. The van der Waals surface area contributed by atoms with Crippen molar-refractivity contribution in [3.8, 4) is 6.07 Å². The van der Waals surface area contributed by atoms with Crippen LogP contribution < -0.4 is 0 Å². The van der Waals surface area contributed by atoms with Crippen molar-refractivity contribution >= 4 is 11.8 Å². The largest absolute Gasteiger partial charge is 0.385 e. The molecular formula is C11H12FNOS. The van der Waals surface area contributed by atoms with Crippen LogP contribution in [0.3, 0.4) is 0 Å². The van der Waals surface area contributed by atoms with Crippen LogP contribution in [0.5, 0.6) is 0 Å². The van der Waals surface area contributed by atoms with Crippen molar-refractivity contribution < 1.29 is 9.13 Å². The van der Waals surface area contributed by atoms with E-state index in [2.05, 4.69) is 0 Å². The minimum Gasteiger partial charge on any atom is -0.385 e. The second-order valence-electron chi connectivity index (χ2n) is 2.98. The molecule has 1 rings (SSSR count). The van der Waals surface area contributed by atoms with Crippen molar-refractivity contribution in [1.29, 1.82) is 5.26 Å². The molecule has 2 nitrogen and oxygen atoms in total. The fourth-order valence-electron chi connectivity index (χ4n) is 1.10. The summed E-state index contributed by atoms with van der Waals surface area (Å²) in [7, 11) is 1.65. The first-order valence-electron chi connectivity index (χ1n) is 4.58. The number of hydrogen-bond acceptors (Lipinski definition) is 3. The molecule has 15 heavy (non-hydrogen) atoms. The van der Waals surface area contributed by atoms with E-state index in [0.717, 1.165) is 17.1 Å². The van der Waals surface area contributed by atoms with Crippen molar-refractivity contribution in [3.05, 3.63) is 29.6 Å². The Morgan fingerprint density at radius 3 is 2.93 bits per heavy atom. The van der Waals surface area contributed by atoms with E-state index in [1.165, 1.54) is 23.9 Å². The zero-order chi connectivity index (χ0) is 11.1. The molecule has 0 fully saturated rings. The van der Waals surface area contributed by atoms with Crippen molar-refractivity contribution in [3.63, 3.8) is 0 Å². The molecular weight excluding hydrogens is 213 g/mol. The molecule has 0 unspecified atom stereocenters. The number of halogens is 1. The van der Waals surface area contributed by atoms with Gasteiger partial charge in [0, 0.05) is 24.4 Å². The first-order chi connectivity index (χ1) is 7.26. The van der Waals surface area contributed by atoms with Gasteiger partial charge in [-0.1, -0.05) is 0 Å². The van der Waals surface area contributed by atoms with Gasteiger partial charge in [-0.2, -0.15) is 5.26 Å². The number of thioether (sulfide) groups is 1. The molecule has 0 aliphatic heterocycles. The van der Waals surface area contributed by atoms with Gasteiger partial charge in [0.05, 0.1) is 11.6 Å². The third-order valence-electron chi connectivity index (χ3n) is 1.76. The molecule has 80 valence electrons. The summed E-state index contributed by atoms with van der Waals surface area (Å²) < 4.78 is 17.9. The predicted molar refractivity (Wildman–Crippen MR) is 58.3 cm³/mol. The van der Waals surface area contributed by atoms with Crippen LogP contribution in [0.25, 0.3) is 0 Å². The van der Waals surface area contributed by atoms with E-state index in [1.54, 1.807) is 13.2 Å². The van der Waals surface area contributed by atoms with Gasteiger partial charge in [-0.05, 0) is 24.6 Å². The van der Waals surface area contributed by atoms with Gasteiger partial charge in [-0.3, -0.25) is 0 Å². The summed E-state index contributed by atoms with van der Waals surface area (Å²) in [5.74, 6) is 0.505. The Morgan fingerprint density at radius 1 is 1.47 bits per heavy atom. The Balaban J connectivity index is 2.54. The Kier molecular flexibility index (Phi) is 5.16. The Hall–Kier alpha value is -1.05. The van der Waals surface area contributed by atoms with Crippen molar-refractivity contribution in [1.82, 2.24) is 0 Å². The van der Waals surface area contributed by atoms with Gasteiger partial charge >= 0.3 is 0 Å². The highest BCUT2D eigenvalue weighted by molar-refractivity contribution is 7.99. The summed E-state index contributed by atoms with van der Waals surface area (Å²) in [4.78, 5) is 0.794. The average Bonchev–Trinajstić information content (AvgIpc) is 2.23. The zero-order valence-corrected chi connectivity index (χ0v) is 9.31. The van der Waals surface area contributed by atoms with E-state index in [-0.39, 0.29) is 5.82 Å². The van der Waals surface area contributed by atoms with Gasteiger partial charge in [-0.15, -0.1) is 11.8 Å². The van der Waals surface area contributed by atoms with Crippen LogP contribution >= 0.6 is 11.8 Å². The van der Waals surface area contributed by atoms with Crippen LogP contribution in [0.4, 0.5) is 4.39 Å². The molecule has 0 bridgehead atoms. The van der Waals surface area contributed by atoms with Crippen molar-refractivity contribution in [2.45, 2.75) is 11.3 Å². The molecule has 0 aliphatic carbocycles. The molecule has 0 aromatic heterocycles. The normalized spacial score (nSPS) is 9.93. The third-order valence-corrected chi connectivity index (χ3v) is 2.82. The van der Waals surface area contributed by atoms with Gasteiger partial charge in [0.2, 0.25) is 0 Å². The maximum atomic E-state index is 13.0. The summed E-state index contributed by atoms with van der Waals surface area (Å²) in [6, 6.07) is 6.30. The molecule has 0 saturated heterocycles. The van der Waals surface area contributed by atoms with E-state index >= 15 is 0 Å². The highest BCUT2D eigenvalue weighted by Gasteiger charge is 2.00. The monoisotopic (exact) mass is 225 g/mol. The SMILES string of the molecule is COCCCSc1cc(F)cc(C#N)c1. The average molecular weight is 225 g/mol. The molecule has 1 aromatic rings. The second kappa shape index (κ2) is 6.44. The number of hydrogen-bond donors (Lipinski definition) is 0. The molecule has 0 spiro atoms. The van der Waals surface area contributed by atoms with E-state index in [0.29, 0.717) is 12.2 Å². The van der Waals surface area contributed by atoms with Crippen LogP contribution in [0.15, 0.2) is 23.1 Å². The number of ether oxygens (including phenoxy) is 1. The van der Waals surface area contributed by atoms with E-state index < -0.39 is 0 Å². The highest BCUT2D eigenvalue weighted by Crippen LogP contribution is 2.21. The van der Waals surface area contributed by atoms with Gasteiger partial charge in [-0.25, -0.2) is 4.39 Å². The van der Waals surface area contributed by atoms with Crippen LogP contribution in [0, 0.1) is 17.1 Å². The molecule has 1 aromatic carbocycles. The number of nitrogens with zero attached hydrogens (tertiary/aromatic N) is 1. The molecule has 0 amide bonds. The maximum Gasteiger partial charge on any atom is 0.125 e. The minimum atomic E-state index is -0.358. The zero-order valence-electron chi connectivity index (χ0n) is 8.50. The third kappa shape index (κ3) is 4.32. The summed E-state index contributed by atoms with van der Waals surface area (Å²) in [6.45, 7) is 0.702. The smallest absolute Gasteiger partial charge is 0.125 e. The lowest BCUT2D eigenvalue weighted by Crippen LogP contribution is -1.90. The van der Waals surface area contributed by atoms with Crippen LogP contribution in [-0.2, 0) is 4.74 Å². The summed E-state index contributed by atoms with van der Waals surface area (Å²) in [5.41, 5.74) is 0.365. The molecule has 0 N–H and O–H groups in total. The molecule has 0 atom stereocenters. The summed E-state index contributed by atoms with van der Waals surface area (Å²) in [5, 5.41) is 8.65. The van der Waals surface area contributed by atoms with Crippen LogP contribution in [-0.4, -0.2) is 19.5 Å². The molecule has 0 saturated carbocycles. The number of benzene rings is 1. The van der Waals surface area contributed by atoms with Crippen LogP contribution in [0.2, 0.25) is 0 Å². The van der Waals surface area contributed by atoms with E-state index in [1.807, 2.05) is 6.07 Å². The first kappa shape index (κ1) is 12.0. The Labute approximate surface area is 93.1 Å². The van der Waals surface area contributed by atoms with E-state index in [4.69, 9.17) is 10.00 Å². The van der Waals surface area contributed by atoms with Gasteiger partial charge < -0.3 is 4.74 Å². The maximum absolute atomic E-state index is 13.0. The number of nitriles is 1. The minimum absolute atomic E-state index is 0.358. The fourth-order valence-corrected chi connectivity index (χ4v) is 2.01.